The van der Waals surface area contributed by atoms with Crippen LogP contribution in [-0.4, -0.2) is 9.97 Å². The molecule has 6 heteroatoms. The number of halogens is 3. The topological polar surface area (TPSA) is 28.7 Å². The average molecular weight is 298 g/mol. The van der Waals surface area contributed by atoms with E-state index < -0.39 is 11.7 Å². The van der Waals surface area contributed by atoms with Gasteiger partial charge in [-0.15, -0.1) is 0 Å². The Morgan fingerprint density at radius 2 is 1.85 bits per heavy atom. The van der Waals surface area contributed by atoms with Gasteiger partial charge in [0.2, 0.25) is 0 Å². The molecule has 1 N–H and O–H groups in total. The van der Waals surface area contributed by atoms with Gasteiger partial charge in [0.15, 0.2) is 0 Å². The number of nitrogens with one attached hydrogen (secondary N) is 1. The summed E-state index contributed by atoms with van der Waals surface area (Å²) in [5, 5.41) is 0. The van der Waals surface area contributed by atoms with E-state index in [-0.39, 0.29) is 16.1 Å². The Hall–Kier alpha value is -1.69. The summed E-state index contributed by atoms with van der Waals surface area (Å²) >= 11 is 5.03. The third-order valence-corrected chi connectivity index (χ3v) is 3.04. The Morgan fingerprint density at radius 1 is 1.20 bits per heavy atom. The smallest absolute Gasteiger partial charge is 0.343 e. The van der Waals surface area contributed by atoms with Crippen molar-refractivity contribution in [1.82, 2.24) is 9.97 Å². The van der Waals surface area contributed by atoms with Gasteiger partial charge in [-0.2, -0.15) is 13.2 Å². The van der Waals surface area contributed by atoms with E-state index in [1.807, 2.05) is 13.8 Å². The van der Waals surface area contributed by atoms with Crippen molar-refractivity contribution in [2.75, 3.05) is 0 Å². The molecule has 0 atom stereocenters. The zero-order valence-electron chi connectivity index (χ0n) is 11.0. The van der Waals surface area contributed by atoms with Gasteiger partial charge in [-0.05, 0) is 12.1 Å². The van der Waals surface area contributed by atoms with Gasteiger partial charge in [0, 0.05) is 11.5 Å². The first-order valence-corrected chi connectivity index (χ1v) is 6.47. The van der Waals surface area contributed by atoms with E-state index in [4.69, 9.17) is 12.2 Å². The van der Waals surface area contributed by atoms with Crippen LogP contribution in [0, 0.1) is 4.64 Å². The Bertz CT molecular complexity index is 675. The molecule has 2 rings (SSSR count). The number of benzene rings is 1. The fourth-order valence-corrected chi connectivity index (χ4v) is 2.08. The van der Waals surface area contributed by atoms with Crippen LogP contribution < -0.4 is 0 Å². The molecule has 1 aromatic heterocycles. The summed E-state index contributed by atoms with van der Waals surface area (Å²) < 4.78 is 39.4. The predicted molar refractivity (Wildman–Crippen MR) is 73.9 cm³/mol. The van der Waals surface area contributed by atoms with E-state index in [0.29, 0.717) is 11.5 Å². The quantitative estimate of drug-likeness (QED) is 0.795. The molecule has 0 bridgehead atoms. The first kappa shape index (κ1) is 14.7. The first-order valence-electron chi connectivity index (χ1n) is 6.07. The monoisotopic (exact) mass is 298 g/mol. The van der Waals surface area contributed by atoms with Crippen LogP contribution in [0.2, 0.25) is 0 Å². The molecule has 0 spiro atoms. The van der Waals surface area contributed by atoms with Gasteiger partial charge in [0.05, 0.1) is 11.3 Å². The third kappa shape index (κ3) is 3.07. The molecule has 0 saturated heterocycles. The molecule has 0 unspecified atom stereocenters. The van der Waals surface area contributed by atoms with E-state index in [0.717, 1.165) is 6.07 Å². The highest BCUT2D eigenvalue weighted by Crippen LogP contribution is 2.36. The third-order valence-electron chi connectivity index (χ3n) is 2.83. The van der Waals surface area contributed by atoms with Crippen molar-refractivity contribution in [1.29, 1.82) is 0 Å². The normalized spacial score (nSPS) is 11.9. The number of alkyl halides is 3. The fraction of sp³-hybridized carbons (Fsp3) is 0.286. The average Bonchev–Trinajstić information content (AvgIpc) is 2.37. The van der Waals surface area contributed by atoms with Gasteiger partial charge in [-0.25, -0.2) is 4.98 Å². The molecule has 0 saturated carbocycles. The molecular formula is C14H13F3N2S. The zero-order chi connectivity index (χ0) is 14.9. The fourth-order valence-electron chi connectivity index (χ4n) is 1.86. The van der Waals surface area contributed by atoms with Crippen molar-refractivity contribution in [3.8, 4) is 11.3 Å². The van der Waals surface area contributed by atoms with Crippen LogP contribution in [0.3, 0.4) is 0 Å². The number of rotatable bonds is 2. The van der Waals surface area contributed by atoms with Crippen LogP contribution in [0.25, 0.3) is 11.3 Å². The summed E-state index contributed by atoms with van der Waals surface area (Å²) in [6.07, 6.45) is -4.41. The van der Waals surface area contributed by atoms with Crippen molar-refractivity contribution in [2.45, 2.75) is 25.9 Å². The van der Waals surface area contributed by atoms with Crippen LogP contribution in [-0.2, 0) is 6.18 Å². The van der Waals surface area contributed by atoms with Gasteiger partial charge in [0.1, 0.15) is 10.5 Å². The summed E-state index contributed by atoms with van der Waals surface area (Å²) in [6.45, 7) is 3.79. The van der Waals surface area contributed by atoms with Crippen molar-refractivity contribution in [2.24, 2.45) is 0 Å². The maximum absolute atomic E-state index is 13.0. The van der Waals surface area contributed by atoms with Gasteiger partial charge in [-0.3, -0.25) is 0 Å². The molecule has 2 aromatic rings. The van der Waals surface area contributed by atoms with E-state index in [1.54, 1.807) is 6.07 Å². The molecule has 0 aliphatic rings. The highest BCUT2D eigenvalue weighted by atomic mass is 32.1. The van der Waals surface area contributed by atoms with Crippen LogP contribution in [0.1, 0.15) is 31.2 Å². The molecule has 0 fully saturated rings. The first-order chi connectivity index (χ1) is 9.29. The summed E-state index contributed by atoms with van der Waals surface area (Å²) in [7, 11) is 0. The van der Waals surface area contributed by atoms with E-state index >= 15 is 0 Å². The number of nitrogens with zero attached hydrogens (tertiary/aromatic N) is 1. The zero-order valence-corrected chi connectivity index (χ0v) is 11.8. The number of hydrogen-bond acceptors (Lipinski definition) is 2. The van der Waals surface area contributed by atoms with Crippen molar-refractivity contribution in [3.05, 3.63) is 46.4 Å². The van der Waals surface area contributed by atoms with Crippen LogP contribution in [0.5, 0.6) is 0 Å². The summed E-state index contributed by atoms with van der Waals surface area (Å²) in [5.41, 5.74) is -0.274. The molecule has 106 valence electrons. The minimum Gasteiger partial charge on any atom is -0.343 e. The molecule has 1 heterocycles. The highest BCUT2D eigenvalue weighted by Gasteiger charge is 2.33. The highest BCUT2D eigenvalue weighted by molar-refractivity contribution is 7.71. The largest absolute Gasteiger partial charge is 0.417 e. The van der Waals surface area contributed by atoms with E-state index in [1.165, 1.54) is 18.2 Å². The number of aromatic amines is 1. The summed E-state index contributed by atoms with van der Waals surface area (Å²) in [5.74, 6) is 0.624. The van der Waals surface area contributed by atoms with Crippen molar-refractivity contribution >= 4 is 12.2 Å². The van der Waals surface area contributed by atoms with Gasteiger partial charge in [0.25, 0.3) is 0 Å². The Labute approximate surface area is 119 Å². The van der Waals surface area contributed by atoms with E-state index in [9.17, 15) is 13.2 Å². The lowest BCUT2D eigenvalue weighted by molar-refractivity contribution is -0.137. The Kier molecular flexibility index (Phi) is 3.94. The predicted octanol–water partition coefficient (Wildman–Crippen LogP) is 4.95. The van der Waals surface area contributed by atoms with E-state index in [2.05, 4.69) is 9.97 Å². The lowest BCUT2D eigenvalue weighted by atomic mass is 10.0. The second-order valence-electron chi connectivity index (χ2n) is 4.72. The maximum Gasteiger partial charge on any atom is 0.417 e. The molecule has 0 radical (unpaired) electrons. The van der Waals surface area contributed by atoms with Gasteiger partial charge in [-0.1, -0.05) is 44.3 Å². The minimum absolute atomic E-state index is 0.0506. The lowest BCUT2D eigenvalue weighted by Crippen LogP contribution is -2.08. The summed E-state index contributed by atoms with van der Waals surface area (Å²) in [4.78, 5) is 7.06. The second kappa shape index (κ2) is 5.36. The Morgan fingerprint density at radius 3 is 2.45 bits per heavy atom. The van der Waals surface area contributed by atoms with Crippen LogP contribution in [0.4, 0.5) is 13.2 Å². The molecule has 0 aliphatic heterocycles. The minimum atomic E-state index is -4.41. The Balaban J connectivity index is 2.66. The number of aromatic nitrogens is 2. The van der Waals surface area contributed by atoms with Crippen LogP contribution >= 0.6 is 12.2 Å². The van der Waals surface area contributed by atoms with Crippen LogP contribution in [0.15, 0.2) is 30.3 Å². The lowest BCUT2D eigenvalue weighted by Gasteiger charge is -2.14. The SMILES string of the molecule is CC(C)c1nc(=S)cc(-c2ccccc2C(F)(F)F)[nH]1. The molecule has 2 nitrogen and oxygen atoms in total. The maximum atomic E-state index is 13.0. The molecular weight excluding hydrogens is 285 g/mol. The van der Waals surface area contributed by atoms with Crippen molar-refractivity contribution < 1.29 is 13.2 Å². The van der Waals surface area contributed by atoms with Gasteiger partial charge < -0.3 is 4.98 Å². The number of H-pyrrole nitrogens is 1. The van der Waals surface area contributed by atoms with Crippen molar-refractivity contribution in [3.63, 3.8) is 0 Å². The molecule has 0 aliphatic carbocycles. The number of hydrogen-bond donors (Lipinski definition) is 1. The second-order valence-corrected chi connectivity index (χ2v) is 5.13. The molecule has 0 amide bonds. The molecule has 20 heavy (non-hydrogen) atoms. The summed E-state index contributed by atoms with van der Waals surface area (Å²) in [6, 6.07) is 6.86. The molecule has 1 aromatic carbocycles. The standard InChI is InChI=1S/C14H13F3N2S/c1-8(2)13-18-11(7-12(20)19-13)9-5-3-4-6-10(9)14(15,16)17/h3-8H,1-2H3,(H,18,19,20). The van der Waals surface area contributed by atoms with Gasteiger partial charge >= 0.3 is 6.18 Å².